The van der Waals surface area contributed by atoms with E-state index in [0.29, 0.717) is 12.1 Å². The molecule has 3 nitrogen and oxygen atoms in total. The lowest BCUT2D eigenvalue weighted by atomic mass is 9.93. The van der Waals surface area contributed by atoms with E-state index in [0.717, 1.165) is 13.1 Å². The van der Waals surface area contributed by atoms with E-state index in [9.17, 15) is 0 Å². The van der Waals surface area contributed by atoms with Crippen molar-refractivity contribution in [3.05, 3.63) is 0 Å². The van der Waals surface area contributed by atoms with E-state index >= 15 is 0 Å². The highest BCUT2D eigenvalue weighted by atomic mass is 16.5. The van der Waals surface area contributed by atoms with Gasteiger partial charge in [0.05, 0.1) is 5.60 Å². The fraction of sp³-hybridized carbons (Fsp3) is 1.00. The molecule has 1 N–H and O–H groups in total. The molecule has 1 fully saturated rings. The molecule has 0 aromatic carbocycles. The normalized spacial score (nSPS) is 30.2. The van der Waals surface area contributed by atoms with Crippen LogP contribution in [0.2, 0.25) is 0 Å². The van der Waals surface area contributed by atoms with Gasteiger partial charge in [0.2, 0.25) is 0 Å². The molecule has 0 radical (unpaired) electrons. The van der Waals surface area contributed by atoms with Crippen LogP contribution < -0.4 is 5.32 Å². The number of hydrogen-bond donors (Lipinski definition) is 1. The van der Waals surface area contributed by atoms with Crippen molar-refractivity contribution in [2.24, 2.45) is 0 Å². The van der Waals surface area contributed by atoms with E-state index in [2.05, 4.69) is 37.9 Å². The second-order valence-corrected chi connectivity index (χ2v) is 5.79. The number of likely N-dealkylation sites (tertiary alicyclic amines) is 1. The second kappa shape index (κ2) is 6.72. The van der Waals surface area contributed by atoms with Crippen LogP contribution in [0.25, 0.3) is 0 Å². The Bertz CT molecular complexity index is 222. The van der Waals surface area contributed by atoms with Crippen LogP contribution in [0, 0.1) is 0 Å². The van der Waals surface area contributed by atoms with Crippen molar-refractivity contribution in [1.29, 1.82) is 0 Å². The fourth-order valence-corrected chi connectivity index (χ4v) is 2.43. The first kappa shape index (κ1) is 14.9. The summed E-state index contributed by atoms with van der Waals surface area (Å²) < 4.78 is 5.64. The lowest BCUT2D eigenvalue weighted by molar-refractivity contribution is -0.0594. The van der Waals surface area contributed by atoms with Gasteiger partial charge >= 0.3 is 0 Å². The van der Waals surface area contributed by atoms with E-state index in [1.807, 2.05) is 7.11 Å². The maximum atomic E-state index is 5.64. The number of piperidine rings is 1. The van der Waals surface area contributed by atoms with Crippen LogP contribution in [-0.4, -0.2) is 49.3 Å². The highest BCUT2D eigenvalue weighted by Gasteiger charge is 2.32. The van der Waals surface area contributed by atoms with Crippen LogP contribution in [0.4, 0.5) is 0 Å². The van der Waals surface area contributed by atoms with Gasteiger partial charge in [-0.3, -0.25) is 4.90 Å². The molecule has 0 saturated carbocycles. The SMILES string of the molecule is CCC(C)NCC(C)N1CCCC(C)(OC)C1. The minimum Gasteiger partial charge on any atom is -0.377 e. The van der Waals surface area contributed by atoms with Gasteiger partial charge < -0.3 is 10.1 Å². The Kier molecular flexibility index (Phi) is 5.90. The number of hydrogen-bond acceptors (Lipinski definition) is 3. The topological polar surface area (TPSA) is 24.5 Å². The molecule has 0 bridgehead atoms. The summed E-state index contributed by atoms with van der Waals surface area (Å²) in [5, 5.41) is 3.59. The maximum absolute atomic E-state index is 5.64. The zero-order valence-electron chi connectivity index (χ0n) is 12.3. The summed E-state index contributed by atoms with van der Waals surface area (Å²) in [6.07, 6.45) is 3.63. The van der Waals surface area contributed by atoms with E-state index < -0.39 is 0 Å². The molecule has 1 aliphatic rings. The molecular weight excluding hydrogens is 212 g/mol. The van der Waals surface area contributed by atoms with E-state index in [-0.39, 0.29) is 5.60 Å². The van der Waals surface area contributed by atoms with Gasteiger partial charge in [0.15, 0.2) is 0 Å². The number of ether oxygens (including phenoxy) is 1. The Labute approximate surface area is 107 Å². The molecule has 17 heavy (non-hydrogen) atoms. The number of rotatable bonds is 6. The van der Waals surface area contributed by atoms with Crippen LogP contribution in [0.1, 0.15) is 47.0 Å². The molecule has 0 aromatic rings. The largest absolute Gasteiger partial charge is 0.377 e. The second-order valence-electron chi connectivity index (χ2n) is 5.79. The Morgan fingerprint density at radius 1 is 1.41 bits per heavy atom. The molecule has 1 aliphatic heterocycles. The van der Waals surface area contributed by atoms with Gasteiger partial charge in [0.25, 0.3) is 0 Å². The van der Waals surface area contributed by atoms with Crippen LogP contribution in [-0.2, 0) is 4.74 Å². The molecule has 3 heteroatoms. The zero-order valence-corrected chi connectivity index (χ0v) is 12.3. The van der Waals surface area contributed by atoms with Crippen molar-refractivity contribution < 1.29 is 4.74 Å². The van der Waals surface area contributed by atoms with E-state index in [1.165, 1.54) is 25.8 Å². The van der Waals surface area contributed by atoms with Gasteiger partial charge in [0, 0.05) is 32.3 Å². The number of nitrogens with zero attached hydrogens (tertiary/aromatic N) is 1. The standard InChI is InChI=1S/C14H30N2O/c1-6-12(2)15-10-13(3)16-9-7-8-14(4,11-16)17-5/h12-13,15H,6-11H2,1-5H3. The smallest absolute Gasteiger partial charge is 0.0777 e. The average Bonchev–Trinajstić information content (AvgIpc) is 2.35. The molecule has 102 valence electrons. The first-order chi connectivity index (χ1) is 8.00. The van der Waals surface area contributed by atoms with Crippen molar-refractivity contribution in [3.8, 4) is 0 Å². The fourth-order valence-electron chi connectivity index (χ4n) is 2.43. The molecule has 0 aliphatic carbocycles. The average molecular weight is 242 g/mol. The molecule has 3 unspecified atom stereocenters. The highest BCUT2D eigenvalue weighted by molar-refractivity contribution is 4.87. The summed E-state index contributed by atoms with van der Waals surface area (Å²) in [7, 11) is 1.84. The predicted molar refractivity (Wildman–Crippen MR) is 73.4 cm³/mol. The lowest BCUT2D eigenvalue weighted by Gasteiger charge is -2.42. The molecule has 0 spiro atoms. The summed E-state index contributed by atoms with van der Waals surface area (Å²) in [5.41, 5.74) is 0.0584. The summed E-state index contributed by atoms with van der Waals surface area (Å²) in [5.74, 6) is 0. The summed E-state index contributed by atoms with van der Waals surface area (Å²) in [6, 6.07) is 1.22. The number of methoxy groups -OCH3 is 1. The van der Waals surface area contributed by atoms with Gasteiger partial charge in [-0.1, -0.05) is 6.92 Å². The molecule has 1 rings (SSSR count). The number of nitrogens with one attached hydrogen (secondary N) is 1. The predicted octanol–water partition coefficient (Wildman–Crippen LogP) is 2.26. The van der Waals surface area contributed by atoms with Crippen LogP contribution in [0.15, 0.2) is 0 Å². The van der Waals surface area contributed by atoms with Crippen molar-refractivity contribution in [2.45, 2.75) is 64.6 Å². The minimum atomic E-state index is 0.0584. The van der Waals surface area contributed by atoms with Crippen LogP contribution in [0.3, 0.4) is 0 Å². The monoisotopic (exact) mass is 242 g/mol. The quantitative estimate of drug-likeness (QED) is 0.773. The molecule has 1 heterocycles. The van der Waals surface area contributed by atoms with Crippen molar-refractivity contribution in [1.82, 2.24) is 10.2 Å². The lowest BCUT2D eigenvalue weighted by Crippen LogP contribution is -2.53. The third-order valence-corrected chi connectivity index (χ3v) is 4.18. The zero-order chi connectivity index (χ0) is 12.9. The maximum Gasteiger partial charge on any atom is 0.0777 e. The first-order valence-corrected chi connectivity index (χ1v) is 7.03. The van der Waals surface area contributed by atoms with Crippen molar-refractivity contribution in [2.75, 3.05) is 26.7 Å². The van der Waals surface area contributed by atoms with E-state index in [4.69, 9.17) is 4.74 Å². The Morgan fingerprint density at radius 2 is 2.12 bits per heavy atom. The summed E-state index contributed by atoms with van der Waals surface area (Å²) >= 11 is 0. The first-order valence-electron chi connectivity index (χ1n) is 7.03. The van der Waals surface area contributed by atoms with Crippen LogP contribution >= 0.6 is 0 Å². The van der Waals surface area contributed by atoms with Gasteiger partial charge in [-0.05, 0) is 46.6 Å². The summed E-state index contributed by atoms with van der Waals surface area (Å²) in [6.45, 7) is 12.4. The van der Waals surface area contributed by atoms with Crippen molar-refractivity contribution in [3.63, 3.8) is 0 Å². The van der Waals surface area contributed by atoms with Gasteiger partial charge in [-0.15, -0.1) is 0 Å². The molecule has 1 saturated heterocycles. The van der Waals surface area contributed by atoms with Crippen LogP contribution in [0.5, 0.6) is 0 Å². The molecule has 0 amide bonds. The van der Waals surface area contributed by atoms with Gasteiger partial charge in [-0.25, -0.2) is 0 Å². The Hall–Kier alpha value is -0.120. The Morgan fingerprint density at radius 3 is 2.71 bits per heavy atom. The van der Waals surface area contributed by atoms with Gasteiger partial charge in [-0.2, -0.15) is 0 Å². The van der Waals surface area contributed by atoms with Crippen molar-refractivity contribution >= 4 is 0 Å². The third kappa shape index (κ3) is 4.57. The minimum absolute atomic E-state index is 0.0584. The summed E-state index contributed by atoms with van der Waals surface area (Å²) in [4.78, 5) is 2.56. The van der Waals surface area contributed by atoms with Gasteiger partial charge in [0.1, 0.15) is 0 Å². The molecule has 0 aromatic heterocycles. The molecular formula is C14H30N2O. The highest BCUT2D eigenvalue weighted by Crippen LogP contribution is 2.24. The Balaban J connectivity index is 2.38. The van der Waals surface area contributed by atoms with E-state index in [1.54, 1.807) is 0 Å². The third-order valence-electron chi connectivity index (χ3n) is 4.18. The molecule has 3 atom stereocenters.